The molecule has 0 saturated heterocycles. The van der Waals surface area contributed by atoms with Crippen molar-refractivity contribution in [2.24, 2.45) is 5.73 Å². The number of carboxylic acids is 1. The average Bonchev–Trinajstić information content (AvgIpc) is 3.12. The highest BCUT2D eigenvalue weighted by Crippen LogP contribution is 2.43. The van der Waals surface area contributed by atoms with E-state index in [0.29, 0.717) is 19.3 Å². The van der Waals surface area contributed by atoms with Gasteiger partial charge in [0.25, 0.3) is 0 Å². The van der Waals surface area contributed by atoms with Gasteiger partial charge in [0.2, 0.25) is 0 Å². The van der Waals surface area contributed by atoms with Crippen molar-refractivity contribution in [3.05, 3.63) is 48.6 Å². The van der Waals surface area contributed by atoms with Gasteiger partial charge >= 0.3 is 25.7 Å². The number of hydrogen-bond donors (Lipinski definition) is 4. The van der Waals surface area contributed by atoms with E-state index in [4.69, 9.17) is 24.8 Å². The van der Waals surface area contributed by atoms with Gasteiger partial charge in [0.15, 0.2) is 6.10 Å². The molecule has 12 nitrogen and oxygen atoms in total. The van der Waals surface area contributed by atoms with Crippen molar-refractivity contribution in [1.29, 1.82) is 0 Å². The highest BCUT2D eigenvalue weighted by Gasteiger charge is 2.28. The minimum absolute atomic E-state index is 0.0652. The SMILES string of the molecule is CCCCCCCCCCCCCC(=O)OC[C@H](COP(=O)(O)OC[C@H](N)C(=O)O)OC(=O)CCC/C=C\C/C=C\C/C=C\C=C\[C@@H](O)CCCCC. The van der Waals surface area contributed by atoms with Crippen LogP contribution in [0.25, 0.3) is 0 Å². The van der Waals surface area contributed by atoms with E-state index in [2.05, 4.69) is 18.4 Å². The molecular formula is C40H70NO11P. The molecule has 4 atom stereocenters. The lowest BCUT2D eigenvalue weighted by Gasteiger charge is -2.20. The molecule has 0 aromatic rings. The number of aliphatic hydroxyl groups is 1. The summed E-state index contributed by atoms with van der Waals surface area (Å²) < 4.78 is 32.5. The molecule has 0 radical (unpaired) electrons. The summed E-state index contributed by atoms with van der Waals surface area (Å²) in [6.07, 6.45) is 33.7. The largest absolute Gasteiger partial charge is 0.480 e. The van der Waals surface area contributed by atoms with Gasteiger partial charge in [-0.25, -0.2) is 4.57 Å². The molecule has 0 aliphatic rings. The standard InChI is InChI=1S/C40H70NO11P/c1-3-5-7-8-9-10-12-16-19-22-26-30-38(43)49-32-36(33-50-53(47,48)51-34-37(41)40(45)46)52-39(44)31-27-23-20-17-14-11-13-15-18-21-25-29-35(42)28-24-6-4-2/h11,13,17-18,20-21,25,29,35-37,42H,3-10,12,14-16,19,22-24,26-28,30-34,41H2,1-2H3,(H,45,46)(H,47,48)/b13-11-,20-17-,21-18-,29-25+/t35-,36+,37-/m0/s1. The lowest BCUT2D eigenvalue weighted by Crippen LogP contribution is -2.34. The Bertz CT molecular complexity index is 1110. The fraction of sp³-hybridized carbons (Fsp3) is 0.725. The van der Waals surface area contributed by atoms with Crippen LogP contribution < -0.4 is 5.73 Å². The minimum atomic E-state index is -4.74. The van der Waals surface area contributed by atoms with E-state index < -0.39 is 57.2 Å². The average molecular weight is 772 g/mol. The van der Waals surface area contributed by atoms with Crippen molar-refractivity contribution in [2.45, 2.75) is 167 Å². The third kappa shape index (κ3) is 34.9. The monoisotopic (exact) mass is 771 g/mol. The summed E-state index contributed by atoms with van der Waals surface area (Å²) in [4.78, 5) is 45.7. The molecule has 0 rings (SSSR count). The van der Waals surface area contributed by atoms with Gasteiger partial charge in [0.05, 0.1) is 19.3 Å². The Morgan fingerprint density at radius 3 is 1.87 bits per heavy atom. The molecule has 0 saturated carbocycles. The maximum absolute atomic E-state index is 12.6. The molecule has 0 aliphatic carbocycles. The zero-order chi connectivity index (χ0) is 39.4. The third-order valence-corrected chi connectivity index (χ3v) is 9.13. The van der Waals surface area contributed by atoms with Gasteiger partial charge in [-0.15, -0.1) is 0 Å². The number of phosphoric acid groups is 1. The summed E-state index contributed by atoms with van der Waals surface area (Å²) in [7, 11) is -4.74. The molecule has 0 fully saturated rings. The topological polar surface area (TPSA) is 192 Å². The van der Waals surface area contributed by atoms with E-state index in [9.17, 15) is 28.9 Å². The summed E-state index contributed by atoms with van der Waals surface area (Å²) in [6, 6.07) is -1.54. The summed E-state index contributed by atoms with van der Waals surface area (Å²) in [5.41, 5.74) is 5.31. The van der Waals surface area contributed by atoms with Crippen LogP contribution >= 0.6 is 7.82 Å². The molecule has 0 bridgehead atoms. The third-order valence-electron chi connectivity index (χ3n) is 8.18. The lowest BCUT2D eigenvalue weighted by molar-refractivity contribution is -0.161. The Kier molecular flexibility index (Phi) is 33.4. The highest BCUT2D eigenvalue weighted by atomic mass is 31.2. The molecule has 0 amide bonds. The van der Waals surface area contributed by atoms with Crippen molar-refractivity contribution in [3.63, 3.8) is 0 Å². The van der Waals surface area contributed by atoms with Crippen molar-refractivity contribution in [2.75, 3.05) is 19.8 Å². The number of aliphatic carboxylic acids is 1. The minimum Gasteiger partial charge on any atom is -0.480 e. The molecular weight excluding hydrogens is 701 g/mol. The van der Waals surface area contributed by atoms with Crippen molar-refractivity contribution in [1.82, 2.24) is 0 Å². The number of allylic oxidation sites excluding steroid dienone is 7. The molecule has 0 aliphatic heterocycles. The van der Waals surface area contributed by atoms with Crippen LogP contribution in [-0.2, 0) is 37.5 Å². The number of aliphatic hydroxyl groups excluding tert-OH is 1. The molecule has 0 spiro atoms. The summed E-state index contributed by atoms with van der Waals surface area (Å²) in [5.74, 6) is -2.49. The van der Waals surface area contributed by atoms with Gasteiger partial charge in [-0.05, 0) is 38.5 Å². The molecule has 1 unspecified atom stereocenters. The second-order valence-electron chi connectivity index (χ2n) is 13.3. The predicted octanol–water partition coefficient (Wildman–Crippen LogP) is 8.80. The smallest absolute Gasteiger partial charge is 0.472 e. The van der Waals surface area contributed by atoms with Gasteiger partial charge in [-0.3, -0.25) is 23.4 Å². The van der Waals surface area contributed by atoms with E-state index in [-0.39, 0.29) is 19.4 Å². The number of rotatable bonds is 36. The summed E-state index contributed by atoms with van der Waals surface area (Å²) in [6.45, 7) is 2.58. The summed E-state index contributed by atoms with van der Waals surface area (Å²) >= 11 is 0. The van der Waals surface area contributed by atoms with Crippen LogP contribution in [0.4, 0.5) is 0 Å². The Hall–Kier alpha value is -2.60. The molecule has 0 aromatic heterocycles. The molecule has 0 heterocycles. The van der Waals surface area contributed by atoms with Crippen LogP contribution in [0.1, 0.15) is 149 Å². The first kappa shape index (κ1) is 50.4. The Labute approximate surface area is 318 Å². The normalized spacial score (nSPS) is 15.0. The number of nitrogens with two attached hydrogens (primary N) is 1. The first-order valence-corrected chi connectivity index (χ1v) is 21.3. The Balaban J connectivity index is 4.57. The highest BCUT2D eigenvalue weighted by molar-refractivity contribution is 7.47. The van der Waals surface area contributed by atoms with Gasteiger partial charge in [-0.1, -0.05) is 146 Å². The van der Waals surface area contributed by atoms with Crippen LogP contribution in [-0.4, -0.2) is 71.1 Å². The fourth-order valence-electron chi connectivity index (χ4n) is 4.99. The summed E-state index contributed by atoms with van der Waals surface area (Å²) in [5, 5.41) is 18.7. The van der Waals surface area contributed by atoms with Crippen LogP contribution in [0, 0.1) is 0 Å². The molecule has 306 valence electrons. The van der Waals surface area contributed by atoms with E-state index in [0.717, 1.165) is 57.8 Å². The number of carbonyl (C=O) groups excluding carboxylic acids is 2. The fourth-order valence-corrected chi connectivity index (χ4v) is 5.77. The van der Waals surface area contributed by atoms with E-state index in [1.54, 1.807) is 0 Å². The quantitative estimate of drug-likeness (QED) is 0.0156. The zero-order valence-electron chi connectivity index (χ0n) is 32.5. The van der Waals surface area contributed by atoms with Crippen molar-refractivity contribution in [3.8, 4) is 0 Å². The number of hydrogen-bond acceptors (Lipinski definition) is 10. The maximum atomic E-state index is 12.6. The van der Waals surface area contributed by atoms with E-state index >= 15 is 0 Å². The number of esters is 2. The molecule has 0 aromatic carbocycles. The van der Waals surface area contributed by atoms with Gasteiger partial charge < -0.3 is 30.3 Å². The molecule has 53 heavy (non-hydrogen) atoms. The number of phosphoric ester groups is 1. The van der Waals surface area contributed by atoms with Gasteiger partial charge in [-0.2, -0.15) is 0 Å². The van der Waals surface area contributed by atoms with E-state index in [1.807, 2.05) is 48.6 Å². The molecule has 13 heteroatoms. The van der Waals surface area contributed by atoms with Crippen LogP contribution in [0.5, 0.6) is 0 Å². The van der Waals surface area contributed by atoms with Crippen LogP contribution in [0.3, 0.4) is 0 Å². The van der Waals surface area contributed by atoms with Crippen molar-refractivity contribution < 1.29 is 52.6 Å². The second kappa shape index (κ2) is 35.1. The lowest BCUT2D eigenvalue weighted by atomic mass is 10.1. The van der Waals surface area contributed by atoms with Gasteiger partial charge in [0.1, 0.15) is 12.6 Å². The number of carbonyl (C=O) groups is 3. The zero-order valence-corrected chi connectivity index (χ0v) is 33.3. The number of unbranched alkanes of at least 4 members (excludes halogenated alkanes) is 13. The Morgan fingerprint density at radius 2 is 1.23 bits per heavy atom. The van der Waals surface area contributed by atoms with Crippen molar-refractivity contribution >= 4 is 25.7 Å². The Morgan fingerprint density at radius 1 is 0.679 bits per heavy atom. The first-order valence-electron chi connectivity index (χ1n) is 19.8. The van der Waals surface area contributed by atoms with Crippen LogP contribution in [0.2, 0.25) is 0 Å². The van der Waals surface area contributed by atoms with Gasteiger partial charge in [0, 0.05) is 12.8 Å². The number of carboxylic acid groups (broad SMARTS) is 1. The second-order valence-corrected chi connectivity index (χ2v) is 14.7. The first-order chi connectivity index (χ1) is 25.5. The van der Waals surface area contributed by atoms with Crippen LogP contribution in [0.15, 0.2) is 48.6 Å². The number of ether oxygens (including phenoxy) is 2. The predicted molar refractivity (Wildman–Crippen MR) is 209 cm³/mol. The molecule has 5 N–H and O–H groups in total. The maximum Gasteiger partial charge on any atom is 0.472 e. The van der Waals surface area contributed by atoms with E-state index in [1.165, 1.54) is 44.9 Å².